The molecule has 0 amide bonds. The minimum Gasteiger partial charge on any atom is -0.465 e. The highest BCUT2D eigenvalue weighted by Crippen LogP contribution is 2.37. The second-order valence-corrected chi connectivity index (χ2v) is 7.65. The van der Waals surface area contributed by atoms with Gasteiger partial charge in [-0.3, -0.25) is 0 Å². The zero-order valence-corrected chi connectivity index (χ0v) is 16.7. The van der Waals surface area contributed by atoms with Crippen LogP contribution >= 0.6 is 11.6 Å². The van der Waals surface area contributed by atoms with Crippen LogP contribution in [0.5, 0.6) is 0 Å². The smallest absolute Gasteiger partial charge is 0.337 e. The molecule has 28 heavy (non-hydrogen) atoms. The Morgan fingerprint density at radius 3 is 2.50 bits per heavy atom. The van der Waals surface area contributed by atoms with E-state index in [0.717, 1.165) is 31.4 Å². The van der Waals surface area contributed by atoms with E-state index in [4.69, 9.17) is 16.3 Å². The number of nitrogens with zero attached hydrogens (tertiary/aromatic N) is 1. The molecule has 2 aromatic rings. The maximum atomic E-state index is 11.6. The quantitative estimate of drug-likeness (QED) is 0.222. The molecule has 0 radical (unpaired) electrons. The van der Waals surface area contributed by atoms with E-state index in [1.165, 1.54) is 12.7 Å². The molecule has 0 saturated heterocycles. The van der Waals surface area contributed by atoms with Crippen LogP contribution in [0.25, 0.3) is 0 Å². The second-order valence-electron chi connectivity index (χ2n) is 7.22. The highest BCUT2D eigenvalue weighted by Gasteiger charge is 2.24. The number of amidine groups is 1. The molecule has 2 N–H and O–H groups in total. The van der Waals surface area contributed by atoms with Crippen molar-refractivity contribution < 1.29 is 14.7 Å². The minimum atomic E-state index is -0.307. The molecule has 0 unspecified atom stereocenters. The Labute approximate surface area is 170 Å². The molecule has 1 saturated carbocycles. The van der Waals surface area contributed by atoms with Crippen LogP contribution in [0.1, 0.15) is 53.9 Å². The summed E-state index contributed by atoms with van der Waals surface area (Å²) in [7, 11) is 1.39. The summed E-state index contributed by atoms with van der Waals surface area (Å²) in [4.78, 5) is 11.6. The van der Waals surface area contributed by atoms with E-state index in [1.807, 2.05) is 48.5 Å². The van der Waals surface area contributed by atoms with Crippen LogP contribution in [-0.2, 0) is 4.74 Å². The fraction of sp³-hybridized carbons (Fsp3) is 0.364. The van der Waals surface area contributed by atoms with E-state index in [2.05, 4.69) is 10.5 Å². The number of hydrogen-bond acceptors (Lipinski definition) is 4. The number of methoxy groups -OCH3 is 1. The Morgan fingerprint density at radius 1 is 1.18 bits per heavy atom. The molecule has 2 aromatic carbocycles. The van der Waals surface area contributed by atoms with Gasteiger partial charge in [0, 0.05) is 17.1 Å². The molecule has 0 atom stereocenters. The Hall–Kier alpha value is -2.53. The summed E-state index contributed by atoms with van der Waals surface area (Å²) in [6, 6.07) is 15.1. The van der Waals surface area contributed by atoms with E-state index >= 15 is 0 Å². The Balaban J connectivity index is 1.52. The third kappa shape index (κ3) is 5.26. The first-order chi connectivity index (χ1) is 13.6. The van der Waals surface area contributed by atoms with Crippen molar-refractivity contribution in [2.24, 2.45) is 11.1 Å². The van der Waals surface area contributed by atoms with Gasteiger partial charge in [-0.25, -0.2) is 4.79 Å². The van der Waals surface area contributed by atoms with Crippen molar-refractivity contribution in [2.75, 3.05) is 12.4 Å². The summed E-state index contributed by atoms with van der Waals surface area (Å²) >= 11 is 6.00. The summed E-state index contributed by atoms with van der Waals surface area (Å²) in [5, 5.41) is 16.6. The predicted molar refractivity (Wildman–Crippen MR) is 111 cm³/mol. The van der Waals surface area contributed by atoms with Crippen molar-refractivity contribution in [1.82, 2.24) is 0 Å². The largest absolute Gasteiger partial charge is 0.465 e. The molecule has 0 spiro atoms. The average Bonchev–Trinajstić information content (AvgIpc) is 2.73. The molecule has 0 aromatic heterocycles. The van der Waals surface area contributed by atoms with Gasteiger partial charge in [-0.05, 0) is 73.4 Å². The number of nitrogens with one attached hydrogen (secondary N) is 1. The number of carbonyl (C=O) groups excluding carboxylic acids is 1. The molecule has 0 aliphatic heterocycles. The maximum Gasteiger partial charge on any atom is 0.337 e. The molecule has 148 valence electrons. The molecule has 1 aliphatic carbocycles. The van der Waals surface area contributed by atoms with Crippen molar-refractivity contribution in [3.8, 4) is 0 Å². The first kappa shape index (κ1) is 20.2. The number of hydrogen-bond donors (Lipinski definition) is 2. The van der Waals surface area contributed by atoms with Crippen LogP contribution in [0.15, 0.2) is 53.7 Å². The number of halogens is 1. The van der Waals surface area contributed by atoms with Crippen LogP contribution < -0.4 is 5.32 Å². The summed E-state index contributed by atoms with van der Waals surface area (Å²) in [6.45, 7) is 0. The molecule has 1 fully saturated rings. The van der Waals surface area contributed by atoms with Crippen molar-refractivity contribution in [3.63, 3.8) is 0 Å². The van der Waals surface area contributed by atoms with Crippen molar-refractivity contribution >= 4 is 29.1 Å². The van der Waals surface area contributed by atoms with Gasteiger partial charge in [0.25, 0.3) is 0 Å². The van der Waals surface area contributed by atoms with Crippen molar-refractivity contribution in [3.05, 3.63) is 64.7 Å². The predicted octanol–water partition coefficient (Wildman–Crippen LogP) is 5.69. The number of benzene rings is 2. The van der Waals surface area contributed by atoms with E-state index in [1.54, 1.807) is 0 Å². The summed E-state index contributed by atoms with van der Waals surface area (Å²) in [6.07, 6.45) is 5.01. The topological polar surface area (TPSA) is 70.9 Å². The first-order valence-electron chi connectivity index (χ1n) is 9.51. The van der Waals surface area contributed by atoms with Crippen LogP contribution in [0.3, 0.4) is 0 Å². The highest BCUT2D eigenvalue weighted by molar-refractivity contribution is 6.30. The monoisotopic (exact) mass is 400 g/mol. The second kappa shape index (κ2) is 9.60. The van der Waals surface area contributed by atoms with Crippen molar-refractivity contribution in [1.29, 1.82) is 0 Å². The fourth-order valence-corrected chi connectivity index (χ4v) is 4.02. The molecular weight excluding hydrogens is 376 g/mol. The summed E-state index contributed by atoms with van der Waals surface area (Å²) in [5.74, 6) is 1.23. The van der Waals surface area contributed by atoms with E-state index in [0.29, 0.717) is 34.7 Å². The van der Waals surface area contributed by atoms with Crippen LogP contribution in [-0.4, -0.2) is 24.1 Å². The SMILES string of the molecule is COC(=O)c1ccc([C@H]2CC[C@@H](CC(=NO)Nc3cccc(Cl)c3)CC2)cc1. The molecule has 5 nitrogen and oxygen atoms in total. The summed E-state index contributed by atoms with van der Waals surface area (Å²) in [5.41, 5.74) is 2.66. The zero-order valence-electron chi connectivity index (χ0n) is 15.9. The minimum absolute atomic E-state index is 0.307. The molecule has 0 heterocycles. The third-order valence-corrected chi connectivity index (χ3v) is 5.60. The normalized spacial score (nSPS) is 19.9. The number of ether oxygens (including phenoxy) is 1. The van der Waals surface area contributed by atoms with E-state index in [9.17, 15) is 10.0 Å². The number of oxime groups is 1. The molecule has 1 aliphatic rings. The summed E-state index contributed by atoms with van der Waals surface area (Å²) < 4.78 is 4.75. The fourth-order valence-electron chi connectivity index (χ4n) is 3.83. The van der Waals surface area contributed by atoms with Gasteiger partial charge in [0.2, 0.25) is 0 Å². The zero-order chi connectivity index (χ0) is 19.9. The molecule has 6 heteroatoms. The van der Waals surface area contributed by atoms with Gasteiger partial charge in [-0.1, -0.05) is 35.0 Å². The third-order valence-electron chi connectivity index (χ3n) is 5.37. The van der Waals surface area contributed by atoms with Crippen molar-refractivity contribution in [2.45, 2.75) is 38.0 Å². The first-order valence-corrected chi connectivity index (χ1v) is 9.88. The Kier molecular flexibility index (Phi) is 6.93. The number of anilines is 1. The standard InChI is InChI=1S/C22H25ClN2O3/c1-28-22(26)18-11-9-17(10-12-18)16-7-5-15(6-8-16)13-21(25-27)24-20-4-2-3-19(23)14-20/h2-4,9-12,14-16,27H,5-8,13H2,1H3,(H,24,25)/t15-,16+. The Bertz CT molecular complexity index is 828. The Morgan fingerprint density at radius 2 is 1.89 bits per heavy atom. The highest BCUT2D eigenvalue weighted by atomic mass is 35.5. The van der Waals surface area contributed by atoms with Gasteiger partial charge in [0.15, 0.2) is 0 Å². The van der Waals surface area contributed by atoms with Gasteiger partial charge < -0.3 is 15.3 Å². The van der Waals surface area contributed by atoms with Gasteiger partial charge in [-0.2, -0.15) is 0 Å². The van der Waals surface area contributed by atoms with Crippen LogP contribution in [0.4, 0.5) is 5.69 Å². The van der Waals surface area contributed by atoms with Gasteiger partial charge in [-0.15, -0.1) is 0 Å². The lowest BCUT2D eigenvalue weighted by Crippen LogP contribution is -2.21. The molecule has 0 bridgehead atoms. The molecular formula is C22H25ClN2O3. The number of esters is 1. The van der Waals surface area contributed by atoms with E-state index in [-0.39, 0.29) is 5.97 Å². The van der Waals surface area contributed by atoms with Gasteiger partial charge in [0.1, 0.15) is 5.84 Å². The lowest BCUT2D eigenvalue weighted by Gasteiger charge is -2.29. The van der Waals surface area contributed by atoms with Crippen LogP contribution in [0.2, 0.25) is 5.02 Å². The average molecular weight is 401 g/mol. The van der Waals surface area contributed by atoms with Gasteiger partial charge >= 0.3 is 5.97 Å². The molecule has 3 rings (SSSR count). The van der Waals surface area contributed by atoms with Crippen LogP contribution in [0, 0.1) is 5.92 Å². The number of rotatable bonds is 5. The maximum absolute atomic E-state index is 11.6. The number of carbonyl (C=O) groups is 1. The van der Waals surface area contributed by atoms with Gasteiger partial charge in [0.05, 0.1) is 12.7 Å². The lowest BCUT2D eigenvalue weighted by atomic mass is 9.77. The lowest BCUT2D eigenvalue weighted by molar-refractivity contribution is 0.0600. The van der Waals surface area contributed by atoms with E-state index < -0.39 is 0 Å².